The third-order valence-corrected chi connectivity index (χ3v) is 4.84. The molecule has 0 radical (unpaired) electrons. The fourth-order valence-electron chi connectivity index (χ4n) is 1.47. The van der Waals surface area contributed by atoms with E-state index in [2.05, 4.69) is 28.1 Å². The van der Waals surface area contributed by atoms with Gasteiger partial charge in [0.15, 0.2) is 11.5 Å². The van der Waals surface area contributed by atoms with E-state index in [0.717, 1.165) is 15.3 Å². The van der Waals surface area contributed by atoms with Gasteiger partial charge in [0.1, 0.15) is 13.2 Å². The molecule has 0 spiro atoms. The molecule has 2 aromatic heterocycles. The maximum absolute atomic E-state index is 5.64. The van der Waals surface area contributed by atoms with Gasteiger partial charge in [-0.25, -0.2) is 0 Å². The van der Waals surface area contributed by atoms with E-state index in [1.165, 1.54) is 9.75 Å². The molecule has 0 aromatic carbocycles. The van der Waals surface area contributed by atoms with E-state index in [1.54, 1.807) is 22.7 Å². The highest BCUT2D eigenvalue weighted by Crippen LogP contribution is 2.47. The fraction of sp³-hybridized carbons (Fsp3) is 0.200. The van der Waals surface area contributed by atoms with Gasteiger partial charge in [0, 0.05) is 10.3 Å². The van der Waals surface area contributed by atoms with Crippen LogP contribution in [0.4, 0.5) is 0 Å². The van der Waals surface area contributed by atoms with Gasteiger partial charge in [-0.2, -0.15) is 0 Å². The van der Waals surface area contributed by atoms with E-state index < -0.39 is 0 Å². The minimum Gasteiger partial charge on any atom is -0.485 e. The van der Waals surface area contributed by atoms with Crippen molar-refractivity contribution in [3.8, 4) is 21.3 Å². The van der Waals surface area contributed by atoms with Gasteiger partial charge in [-0.05, 0) is 28.1 Å². The Balaban J connectivity index is 2.08. The number of ether oxygens (including phenoxy) is 2. The van der Waals surface area contributed by atoms with Crippen LogP contribution in [0.5, 0.6) is 11.5 Å². The molecule has 3 rings (SSSR count). The maximum Gasteiger partial charge on any atom is 0.180 e. The SMILES string of the molecule is Brc1ccc(-c2scc3c2OCCO3)s1. The molecule has 2 nitrogen and oxygen atoms in total. The molecule has 0 amide bonds. The Bertz CT molecular complexity index is 489. The molecule has 0 saturated carbocycles. The number of halogens is 1. The van der Waals surface area contributed by atoms with Crippen molar-refractivity contribution in [2.45, 2.75) is 0 Å². The summed E-state index contributed by atoms with van der Waals surface area (Å²) in [7, 11) is 0. The molecule has 15 heavy (non-hydrogen) atoms. The highest BCUT2D eigenvalue weighted by Gasteiger charge is 2.20. The van der Waals surface area contributed by atoms with Crippen LogP contribution in [0, 0.1) is 0 Å². The summed E-state index contributed by atoms with van der Waals surface area (Å²) in [6.45, 7) is 1.29. The first-order valence-corrected chi connectivity index (χ1v) is 6.96. The van der Waals surface area contributed by atoms with Gasteiger partial charge in [0.05, 0.1) is 8.66 Å². The van der Waals surface area contributed by atoms with Crippen molar-refractivity contribution in [3.05, 3.63) is 21.3 Å². The Labute approximate surface area is 104 Å². The van der Waals surface area contributed by atoms with Crippen LogP contribution in [0.15, 0.2) is 21.3 Å². The van der Waals surface area contributed by atoms with Crippen molar-refractivity contribution in [2.24, 2.45) is 0 Å². The standard InChI is InChI=1S/C10H7BrO2S2/c11-8-2-1-7(15-8)10-9-6(5-14-10)12-3-4-13-9/h1-2,5H,3-4H2. The lowest BCUT2D eigenvalue weighted by Gasteiger charge is -2.15. The van der Waals surface area contributed by atoms with Gasteiger partial charge < -0.3 is 9.47 Å². The zero-order valence-electron chi connectivity index (χ0n) is 7.66. The van der Waals surface area contributed by atoms with Crippen LogP contribution >= 0.6 is 38.6 Å². The molecule has 2 aromatic rings. The molecule has 0 saturated heterocycles. The first-order valence-electron chi connectivity index (χ1n) is 4.47. The first kappa shape index (κ1) is 9.69. The Morgan fingerprint density at radius 2 is 2.07 bits per heavy atom. The lowest BCUT2D eigenvalue weighted by molar-refractivity contribution is 0.174. The van der Waals surface area contributed by atoms with Crippen molar-refractivity contribution in [1.82, 2.24) is 0 Å². The van der Waals surface area contributed by atoms with Crippen LogP contribution in [0.25, 0.3) is 9.75 Å². The van der Waals surface area contributed by atoms with Crippen molar-refractivity contribution < 1.29 is 9.47 Å². The smallest absolute Gasteiger partial charge is 0.180 e. The number of thiophene rings is 2. The fourth-order valence-corrected chi connectivity index (χ4v) is 3.91. The van der Waals surface area contributed by atoms with Crippen LogP contribution in [0.3, 0.4) is 0 Å². The molecule has 0 unspecified atom stereocenters. The Morgan fingerprint density at radius 1 is 1.20 bits per heavy atom. The van der Waals surface area contributed by atoms with Gasteiger partial charge in [-0.15, -0.1) is 22.7 Å². The summed E-state index contributed by atoms with van der Waals surface area (Å²) in [4.78, 5) is 2.39. The van der Waals surface area contributed by atoms with E-state index in [1.807, 2.05) is 5.38 Å². The van der Waals surface area contributed by atoms with Crippen molar-refractivity contribution >= 4 is 38.6 Å². The second-order valence-electron chi connectivity index (χ2n) is 3.06. The minimum absolute atomic E-state index is 0.642. The Kier molecular flexibility index (Phi) is 2.46. The van der Waals surface area contributed by atoms with E-state index in [4.69, 9.17) is 9.47 Å². The molecule has 1 aliphatic heterocycles. The van der Waals surface area contributed by atoms with Gasteiger partial charge in [0.2, 0.25) is 0 Å². The largest absolute Gasteiger partial charge is 0.485 e. The number of fused-ring (bicyclic) bond motifs is 1. The van der Waals surface area contributed by atoms with Crippen LogP contribution < -0.4 is 9.47 Å². The highest BCUT2D eigenvalue weighted by atomic mass is 79.9. The van der Waals surface area contributed by atoms with Gasteiger partial charge in [0.25, 0.3) is 0 Å². The number of hydrogen-bond acceptors (Lipinski definition) is 4. The van der Waals surface area contributed by atoms with E-state index in [9.17, 15) is 0 Å². The average molecular weight is 303 g/mol. The molecule has 78 valence electrons. The molecule has 0 fully saturated rings. The zero-order chi connectivity index (χ0) is 10.3. The molecular formula is C10H7BrO2S2. The number of hydrogen-bond donors (Lipinski definition) is 0. The molecule has 1 aliphatic rings. The minimum atomic E-state index is 0.642. The summed E-state index contributed by atoms with van der Waals surface area (Å²) < 4.78 is 12.3. The second-order valence-corrected chi connectivity index (χ2v) is 6.40. The molecule has 0 N–H and O–H groups in total. The third kappa shape index (κ3) is 1.68. The van der Waals surface area contributed by atoms with Crippen molar-refractivity contribution in [2.75, 3.05) is 13.2 Å². The molecule has 0 bridgehead atoms. The summed E-state index contributed by atoms with van der Waals surface area (Å²) in [5.74, 6) is 1.78. The molecule has 5 heteroatoms. The van der Waals surface area contributed by atoms with Gasteiger partial charge in [-0.1, -0.05) is 0 Å². The molecular weight excluding hydrogens is 296 g/mol. The normalized spacial score (nSPS) is 14.2. The molecule has 3 heterocycles. The lowest BCUT2D eigenvalue weighted by atomic mass is 10.3. The summed E-state index contributed by atoms with van der Waals surface area (Å²) in [6.07, 6.45) is 0. The van der Waals surface area contributed by atoms with Crippen LogP contribution in [0.2, 0.25) is 0 Å². The van der Waals surface area contributed by atoms with Crippen molar-refractivity contribution in [1.29, 1.82) is 0 Å². The Hall–Kier alpha value is -0.520. The highest BCUT2D eigenvalue weighted by molar-refractivity contribution is 9.11. The van der Waals surface area contributed by atoms with E-state index in [-0.39, 0.29) is 0 Å². The molecule has 0 atom stereocenters. The maximum atomic E-state index is 5.64. The van der Waals surface area contributed by atoms with Gasteiger partial charge in [-0.3, -0.25) is 0 Å². The quantitative estimate of drug-likeness (QED) is 0.792. The van der Waals surface area contributed by atoms with Crippen LogP contribution in [0.1, 0.15) is 0 Å². The number of rotatable bonds is 1. The summed E-state index contributed by atoms with van der Waals surface area (Å²) in [6, 6.07) is 4.15. The van der Waals surface area contributed by atoms with Crippen LogP contribution in [-0.2, 0) is 0 Å². The van der Waals surface area contributed by atoms with Crippen molar-refractivity contribution in [3.63, 3.8) is 0 Å². The third-order valence-electron chi connectivity index (χ3n) is 2.10. The monoisotopic (exact) mass is 302 g/mol. The van der Waals surface area contributed by atoms with Gasteiger partial charge >= 0.3 is 0 Å². The summed E-state index contributed by atoms with van der Waals surface area (Å²) in [5.41, 5.74) is 0. The lowest BCUT2D eigenvalue weighted by Crippen LogP contribution is -2.14. The first-order chi connectivity index (χ1) is 7.34. The van der Waals surface area contributed by atoms with E-state index in [0.29, 0.717) is 13.2 Å². The average Bonchev–Trinajstić information content (AvgIpc) is 2.83. The predicted octanol–water partition coefficient (Wildman–Crippen LogP) is 4.01. The predicted molar refractivity (Wildman–Crippen MR) is 66.3 cm³/mol. The summed E-state index contributed by atoms with van der Waals surface area (Å²) >= 11 is 6.85. The zero-order valence-corrected chi connectivity index (χ0v) is 10.9. The summed E-state index contributed by atoms with van der Waals surface area (Å²) in [5, 5.41) is 2.01. The Morgan fingerprint density at radius 3 is 2.87 bits per heavy atom. The molecule has 0 aliphatic carbocycles. The van der Waals surface area contributed by atoms with Crippen LogP contribution in [-0.4, -0.2) is 13.2 Å². The topological polar surface area (TPSA) is 18.5 Å². The second kappa shape index (κ2) is 3.81. The van der Waals surface area contributed by atoms with E-state index >= 15 is 0 Å².